The fraction of sp³-hybridized carbons (Fsp3) is 0.455. The number of nitrogens with one attached hydrogen (secondary N) is 4. The first kappa shape index (κ1) is 33.0. The SMILES string of the molecule is COCCN1CCC(NC(=O)c2ccc(Nc3ncc(C(C)(F)F)c(NC4Cc5ccccc5C4NC(C)=O)n3)c(OC)c2)CC1. The molecule has 1 aromatic heterocycles. The normalized spacial score (nSPS) is 18.5. The Morgan fingerprint density at radius 2 is 1.85 bits per heavy atom. The molecule has 1 fully saturated rings. The highest BCUT2D eigenvalue weighted by molar-refractivity contribution is 5.95. The quantitative estimate of drug-likeness (QED) is 0.229. The van der Waals surface area contributed by atoms with Crippen molar-refractivity contribution in [1.82, 2.24) is 25.5 Å². The van der Waals surface area contributed by atoms with Gasteiger partial charge in [-0.2, -0.15) is 4.98 Å². The molecule has 11 nitrogen and oxygen atoms in total. The van der Waals surface area contributed by atoms with E-state index in [2.05, 4.69) is 36.1 Å². The summed E-state index contributed by atoms with van der Waals surface area (Å²) in [5, 5.41) is 12.3. The van der Waals surface area contributed by atoms with E-state index in [1.807, 2.05) is 24.3 Å². The first-order valence-electron chi connectivity index (χ1n) is 15.4. The van der Waals surface area contributed by atoms with Crippen molar-refractivity contribution < 1.29 is 27.8 Å². The van der Waals surface area contributed by atoms with Crippen molar-refractivity contribution in [3.63, 3.8) is 0 Å². The second-order valence-electron chi connectivity index (χ2n) is 11.8. The molecular formula is C33H41F2N7O4. The number of aromatic nitrogens is 2. The summed E-state index contributed by atoms with van der Waals surface area (Å²) >= 11 is 0. The summed E-state index contributed by atoms with van der Waals surface area (Å²) < 4.78 is 40.2. The van der Waals surface area contributed by atoms with Gasteiger partial charge in [0.1, 0.15) is 11.6 Å². The molecule has 2 aliphatic rings. The van der Waals surface area contributed by atoms with Crippen molar-refractivity contribution in [2.75, 3.05) is 51.1 Å². The second kappa shape index (κ2) is 14.4. The maximum Gasteiger partial charge on any atom is 0.275 e. The van der Waals surface area contributed by atoms with Crippen LogP contribution in [0.4, 0.5) is 26.2 Å². The summed E-state index contributed by atoms with van der Waals surface area (Å²) in [6.07, 6.45) is 3.30. The van der Waals surface area contributed by atoms with Crippen molar-refractivity contribution in [1.29, 1.82) is 0 Å². The van der Waals surface area contributed by atoms with Gasteiger partial charge < -0.3 is 35.6 Å². The molecule has 1 saturated heterocycles. The maximum absolute atomic E-state index is 14.7. The van der Waals surface area contributed by atoms with E-state index < -0.39 is 18.0 Å². The van der Waals surface area contributed by atoms with Gasteiger partial charge in [-0.25, -0.2) is 13.8 Å². The van der Waals surface area contributed by atoms with E-state index in [1.54, 1.807) is 25.3 Å². The van der Waals surface area contributed by atoms with Crippen LogP contribution in [0.25, 0.3) is 0 Å². The van der Waals surface area contributed by atoms with E-state index in [4.69, 9.17) is 9.47 Å². The largest absolute Gasteiger partial charge is 0.495 e. The fourth-order valence-electron chi connectivity index (χ4n) is 6.02. The molecule has 46 heavy (non-hydrogen) atoms. The lowest BCUT2D eigenvalue weighted by Crippen LogP contribution is -2.45. The van der Waals surface area contributed by atoms with E-state index in [0.717, 1.165) is 56.7 Å². The molecule has 4 N–H and O–H groups in total. The number of halogens is 2. The minimum atomic E-state index is -3.23. The van der Waals surface area contributed by atoms with Crippen LogP contribution in [0.1, 0.15) is 59.8 Å². The Bertz CT molecular complexity index is 1540. The van der Waals surface area contributed by atoms with Gasteiger partial charge in [-0.1, -0.05) is 24.3 Å². The summed E-state index contributed by atoms with van der Waals surface area (Å²) in [6, 6.07) is 11.8. The van der Waals surface area contributed by atoms with Crippen LogP contribution in [0, 0.1) is 0 Å². The zero-order chi connectivity index (χ0) is 32.8. The van der Waals surface area contributed by atoms with Crippen LogP contribution in [0.15, 0.2) is 48.7 Å². The number of fused-ring (bicyclic) bond motifs is 1. The number of nitrogens with zero attached hydrogens (tertiary/aromatic N) is 3. The Labute approximate surface area is 267 Å². The van der Waals surface area contributed by atoms with Gasteiger partial charge >= 0.3 is 0 Å². The molecule has 1 aliphatic carbocycles. The van der Waals surface area contributed by atoms with Crippen LogP contribution < -0.4 is 26.0 Å². The van der Waals surface area contributed by atoms with Gasteiger partial charge in [0.15, 0.2) is 0 Å². The Kier molecular flexibility index (Phi) is 10.3. The molecule has 13 heteroatoms. The number of likely N-dealkylation sites (tertiary alicyclic amines) is 1. The van der Waals surface area contributed by atoms with Crippen LogP contribution in [0.3, 0.4) is 0 Å². The molecule has 2 aromatic carbocycles. The molecule has 3 aromatic rings. The summed E-state index contributed by atoms with van der Waals surface area (Å²) in [7, 11) is 3.17. The number of carbonyl (C=O) groups is 2. The third kappa shape index (κ3) is 7.88. The Morgan fingerprint density at radius 3 is 2.54 bits per heavy atom. The average molecular weight is 638 g/mol. The van der Waals surface area contributed by atoms with Gasteiger partial charge in [-0.3, -0.25) is 9.59 Å². The summed E-state index contributed by atoms with van der Waals surface area (Å²) in [6.45, 7) is 5.55. The van der Waals surface area contributed by atoms with Gasteiger partial charge in [0, 0.05) is 58.4 Å². The first-order valence-corrected chi connectivity index (χ1v) is 15.4. The topological polar surface area (TPSA) is 130 Å². The number of amides is 2. The highest BCUT2D eigenvalue weighted by Gasteiger charge is 2.36. The Hall–Kier alpha value is -4.36. The monoisotopic (exact) mass is 637 g/mol. The lowest BCUT2D eigenvalue weighted by molar-refractivity contribution is -0.119. The van der Waals surface area contributed by atoms with Gasteiger partial charge in [-0.05, 0) is 48.6 Å². The third-order valence-electron chi connectivity index (χ3n) is 8.42. The molecule has 0 radical (unpaired) electrons. The first-order chi connectivity index (χ1) is 22.0. The zero-order valence-electron chi connectivity index (χ0n) is 26.5. The van der Waals surface area contributed by atoms with Crippen LogP contribution in [0.5, 0.6) is 5.75 Å². The number of alkyl halides is 2. The molecule has 5 rings (SSSR count). The molecule has 0 bridgehead atoms. The molecule has 0 saturated carbocycles. The number of piperidine rings is 1. The van der Waals surface area contributed by atoms with Crippen LogP contribution in [0.2, 0.25) is 0 Å². The van der Waals surface area contributed by atoms with Gasteiger partial charge in [-0.15, -0.1) is 0 Å². The Balaban J connectivity index is 1.31. The van der Waals surface area contributed by atoms with Gasteiger partial charge in [0.2, 0.25) is 11.9 Å². The smallest absolute Gasteiger partial charge is 0.275 e. The molecule has 246 valence electrons. The lowest BCUT2D eigenvalue weighted by atomic mass is 10.0. The van der Waals surface area contributed by atoms with Crippen LogP contribution in [-0.2, 0) is 21.9 Å². The van der Waals surface area contributed by atoms with Crippen molar-refractivity contribution in [2.45, 2.75) is 57.2 Å². The highest BCUT2D eigenvalue weighted by atomic mass is 19.3. The lowest BCUT2D eigenvalue weighted by Gasteiger charge is -2.32. The molecule has 2 heterocycles. The number of hydrogen-bond acceptors (Lipinski definition) is 9. The third-order valence-corrected chi connectivity index (χ3v) is 8.42. The summed E-state index contributed by atoms with van der Waals surface area (Å²) in [5.41, 5.74) is 2.44. The number of hydrogen-bond donors (Lipinski definition) is 4. The van der Waals surface area contributed by atoms with Crippen molar-refractivity contribution in [3.05, 3.63) is 70.9 Å². The van der Waals surface area contributed by atoms with E-state index in [9.17, 15) is 18.4 Å². The van der Waals surface area contributed by atoms with E-state index in [0.29, 0.717) is 30.0 Å². The van der Waals surface area contributed by atoms with Crippen molar-refractivity contribution >= 4 is 29.3 Å². The predicted molar refractivity (Wildman–Crippen MR) is 171 cm³/mol. The fourth-order valence-corrected chi connectivity index (χ4v) is 6.02. The van der Waals surface area contributed by atoms with E-state index in [1.165, 1.54) is 14.0 Å². The molecule has 2 atom stereocenters. The minimum Gasteiger partial charge on any atom is -0.495 e. The maximum atomic E-state index is 14.7. The molecule has 0 spiro atoms. The predicted octanol–water partition coefficient (Wildman–Crippen LogP) is 4.40. The number of ether oxygens (including phenoxy) is 2. The van der Waals surface area contributed by atoms with Crippen molar-refractivity contribution in [2.24, 2.45) is 0 Å². The molecule has 2 unspecified atom stereocenters. The summed E-state index contributed by atoms with van der Waals surface area (Å²) in [5.74, 6) is -3.31. The summed E-state index contributed by atoms with van der Waals surface area (Å²) in [4.78, 5) is 36.0. The van der Waals surface area contributed by atoms with Crippen molar-refractivity contribution in [3.8, 4) is 5.75 Å². The number of anilines is 3. The number of benzene rings is 2. The van der Waals surface area contributed by atoms with E-state index >= 15 is 0 Å². The van der Waals surface area contributed by atoms with Crippen LogP contribution >= 0.6 is 0 Å². The highest BCUT2D eigenvalue weighted by Crippen LogP contribution is 2.37. The number of methoxy groups -OCH3 is 2. The number of carbonyl (C=O) groups excluding carboxylic acids is 2. The van der Waals surface area contributed by atoms with E-state index in [-0.39, 0.29) is 35.2 Å². The second-order valence-corrected chi connectivity index (χ2v) is 11.8. The minimum absolute atomic E-state index is 0.0535. The Morgan fingerprint density at radius 1 is 1.09 bits per heavy atom. The van der Waals surface area contributed by atoms with Crippen LogP contribution in [-0.4, -0.2) is 79.2 Å². The zero-order valence-corrected chi connectivity index (χ0v) is 26.5. The molecule has 1 aliphatic heterocycles. The molecule has 2 amide bonds. The molecular weight excluding hydrogens is 596 g/mol. The van der Waals surface area contributed by atoms with Gasteiger partial charge in [0.05, 0.1) is 37.1 Å². The standard InChI is InChI=1S/C33H41F2N7O4/c1-20(43)37-29-24-8-6-5-7-21(24)17-27(29)39-30-25(33(2,34)35)19-36-32(41-30)40-26-10-9-22(18-28(26)46-4)31(44)38-23-11-13-42(14-12-23)15-16-45-3/h5-10,18-19,23,27,29H,11-17H2,1-4H3,(H,37,43)(H,38,44)(H2,36,39,40,41). The average Bonchev–Trinajstić information content (AvgIpc) is 3.36. The number of rotatable bonds is 12. The van der Waals surface area contributed by atoms with Gasteiger partial charge in [0.25, 0.3) is 11.8 Å².